The molecule has 1 atom stereocenters. The highest BCUT2D eigenvalue weighted by atomic mass is 19.3. The van der Waals surface area contributed by atoms with E-state index in [9.17, 15) is 23.1 Å². The number of hydrogen-bond acceptors (Lipinski definition) is 3. The van der Waals surface area contributed by atoms with Gasteiger partial charge in [-0.15, -0.1) is 0 Å². The van der Waals surface area contributed by atoms with Crippen LogP contribution in [0, 0.1) is 5.82 Å². The van der Waals surface area contributed by atoms with E-state index in [1.165, 1.54) is 6.92 Å². The summed E-state index contributed by atoms with van der Waals surface area (Å²) < 4.78 is 42.1. The standard InChI is InChI=1S/C17H16F3NO3/c1-17(23,11-5-3-2-4-6-11)10-21-15(22)13-8-7-12(18)9-14(13)24-16(19)20/h2-9,16,23H,10H2,1H3,(H,21,22). The maximum Gasteiger partial charge on any atom is 0.387 e. The molecule has 2 aromatic carbocycles. The number of nitrogens with one attached hydrogen (secondary N) is 1. The molecule has 4 nitrogen and oxygen atoms in total. The molecule has 0 saturated heterocycles. The highest BCUT2D eigenvalue weighted by Crippen LogP contribution is 2.23. The summed E-state index contributed by atoms with van der Waals surface area (Å²) in [4.78, 5) is 12.2. The minimum atomic E-state index is -3.19. The van der Waals surface area contributed by atoms with Crippen molar-refractivity contribution < 1.29 is 27.8 Å². The lowest BCUT2D eigenvalue weighted by atomic mass is 9.96. The van der Waals surface area contributed by atoms with Crippen LogP contribution in [0.5, 0.6) is 5.75 Å². The maximum absolute atomic E-state index is 13.2. The predicted molar refractivity (Wildman–Crippen MR) is 81.4 cm³/mol. The van der Waals surface area contributed by atoms with Crippen molar-refractivity contribution in [2.75, 3.05) is 6.54 Å². The van der Waals surface area contributed by atoms with Crippen LogP contribution in [-0.4, -0.2) is 24.2 Å². The van der Waals surface area contributed by atoms with E-state index >= 15 is 0 Å². The lowest BCUT2D eigenvalue weighted by molar-refractivity contribution is -0.0503. The first-order valence-electron chi connectivity index (χ1n) is 7.10. The molecule has 0 fully saturated rings. The van der Waals surface area contributed by atoms with Crippen molar-refractivity contribution >= 4 is 5.91 Å². The van der Waals surface area contributed by atoms with Gasteiger partial charge in [-0.25, -0.2) is 4.39 Å². The van der Waals surface area contributed by atoms with Gasteiger partial charge in [0.05, 0.1) is 12.1 Å². The second kappa shape index (κ2) is 7.35. The predicted octanol–water partition coefficient (Wildman–Crippen LogP) is 3.06. The summed E-state index contributed by atoms with van der Waals surface area (Å²) >= 11 is 0. The molecule has 1 amide bonds. The Morgan fingerprint density at radius 3 is 2.54 bits per heavy atom. The summed E-state index contributed by atoms with van der Waals surface area (Å²) in [7, 11) is 0. The van der Waals surface area contributed by atoms with Crippen LogP contribution in [0.25, 0.3) is 0 Å². The van der Waals surface area contributed by atoms with Gasteiger partial charge in [-0.2, -0.15) is 8.78 Å². The molecule has 24 heavy (non-hydrogen) atoms. The molecule has 0 aromatic heterocycles. The number of amides is 1. The molecule has 1 unspecified atom stereocenters. The van der Waals surface area contributed by atoms with Crippen molar-refractivity contribution in [2.45, 2.75) is 19.1 Å². The number of hydrogen-bond donors (Lipinski definition) is 2. The van der Waals surface area contributed by atoms with Crippen molar-refractivity contribution in [1.82, 2.24) is 5.32 Å². The molecule has 0 spiro atoms. The van der Waals surface area contributed by atoms with E-state index in [1.807, 2.05) is 0 Å². The van der Waals surface area contributed by atoms with E-state index < -0.39 is 29.7 Å². The second-order valence-electron chi connectivity index (χ2n) is 5.34. The minimum Gasteiger partial charge on any atom is -0.434 e. The van der Waals surface area contributed by atoms with Crippen LogP contribution in [0.4, 0.5) is 13.2 Å². The largest absolute Gasteiger partial charge is 0.434 e. The molecular formula is C17H16F3NO3. The Morgan fingerprint density at radius 1 is 1.25 bits per heavy atom. The summed E-state index contributed by atoms with van der Waals surface area (Å²) in [5.74, 6) is -2.14. The summed E-state index contributed by atoms with van der Waals surface area (Å²) in [6.45, 7) is -1.85. The molecule has 7 heteroatoms. The zero-order chi connectivity index (χ0) is 17.7. The monoisotopic (exact) mass is 339 g/mol. The smallest absolute Gasteiger partial charge is 0.387 e. The third kappa shape index (κ3) is 4.48. The fourth-order valence-corrected chi connectivity index (χ4v) is 2.12. The van der Waals surface area contributed by atoms with E-state index in [2.05, 4.69) is 10.1 Å². The third-order valence-corrected chi connectivity index (χ3v) is 3.39. The molecule has 0 bridgehead atoms. The minimum absolute atomic E-state index is 0.165. The highest BCUT2D eigenvalue weighted by molar-refractivity contribution is 5.97. The van der Waals surface area contributed by atoms with Crippen LogP contribution < -0.4 is 10.1 Å². The number of rotatable bonds is 6. The average molecular weight is 339 g/mol. The molecule has 0 aliphatic carbocycles. The molecule has 0 saturated carbocycles. The van der Waals surface area contributed by atoms with Crippen LogP contribution in [0.3, 0.4) is 0 Å². The van der Waals surface area contributed by atoms with Crippen molar-refractivity contribution in [1.29, 1.82) is 0 Å². The summed E-state index contributed by atoms with van der Waals surface area (Å²) in [6.07, 6.45) is 0. The number of carbonyl (C=O) groups excluding carboxylic acids is 1. The lowest BCUT2D eigenvalue weighted by Gasteiger charge is -2.24. The van der Waals surface area contributed by atoms with Crippen molar-refractivity contribution in [3.8, 4) is 5.75 Å². The van der Waals surface area contributed by atoms with Gasteiger partial charge in [-0.05, 0) is 24.6 Å². The Morgan fingerprint density at radius 2 is 1.92 bits per heavy atom. The average Bonchev–Trinajstić information content (AvgIpc) is 2.53. The fourth-order valence-electron chi connectivity index (χ4n) is 2.12. The lowest BCUT2D eigenvalue weighted by Crippen LogP contribution is -2.38. The first-order valence-corrected chi connectivity index (χ1v) is 7.10. The van der Waals surface area contributed by atoms with Gasteiger partial charge in [0.25, 0.3) is 5.91 Å². The number of alkyl halides is 2. The molecule has 2 rings (SSSR count). The van der Waals surface area contributed by atoms with E-state index in [1.54, 1.807) is 30.3 Å². The molecule has 0 aliphatic rings. The SMILES string of the molecule is CC(O)(CNC(=O)c1ccc(F)cc1OC(F)F)c1ccccc1. The fraction of sp³-hybridized carbons (Fsp3) is 0.235. The van der Waals surface area contributed by atoms with E-state index in [0.29, 0.717) is 11.6 Å². The van der Waals surface area contributed by atoms with Crippen molar-refractivity contribution in [3.63, 3.8) is 0 Å². The molecule has 0 aliphatic heterocycles. The van der Waals surface area contributed by atoms with Gasteiger partial charge in [-0.3, -0.25) is 4.79 Å². The van der Waals surface area contributed by atoms with E-state index in [0.717, 1.165) is 12.1 Å². The Hall–Kier alpha value is -2.54. The van der Waals surface area contributed by atoms with Gasteiger partial charge in [0.2, 0.25) is 0 Å². The van der Waals surface area contributed by atoms with E-state index in [4.69, 9.17) is 0 Å². The van der Waals surface area contributed by atoms with Crippen LogP contribution in [-0.2, 0) is 5.60 Å². The first kappa shape index (κ1) is 17.8. The molecule has 2 N–H and O–H groups in total. The quantitative estimate of drug-likeness (QED) is 0.850. The van der Waals surface area contributed by atoms with Gasteiger partial charge in [-0.1, -0.05) is 30.3 Å². The van der Waals surface area contributed by atoms with Crippen LogP contribution in [0.15, 0.2) is 48.5 Å². The highest BCUT2D eigenvalue weighted by Gasteiger charge is 2.25. The Balaban J connectivity index is 2.13. The molecular weight excluding hydrogens is 323 g/mol. The molecule has 0 heterocycles. The van der Waals surface area contributed by atoms with Gasteiger partial charge < -0.3 is 15.2 Å². The number of benzene rings is 2. The van der Waals surface area contributed by atoms with Crippen LogP contribution in [0.1, 0.15) is 22.8 Å². The van der Waals surface area contributed by atoms with Crippen LogP contribution >= 0.6 is 0 Å². The first-order chi connectivity index (χ1) is 11.3. The van der Waals surface area contributed by atoms with Gasteiger partial charge in [0.15, 0.2) is 0 Å². The third-order valence-electron chi connectivity index (χ3n) is 3.39. The van der Waals surface area contributed by atoms with Gasteiger partial charge in [0.1, 0.15) is 17.2 Å². The van der Waals surface area contributed by atoms with Gasteiger partial charge >= 0.3 is 6.61 Å². The topological polar surface area (TPSA) is 58.6 Å². The summed E-state index contributed by atoms with van der Waals surface area (Å²) in [5, 5.41) is 12.8. The molecule has 0 radical (unpaired) electrons. The zero-order valence-corrected chi connectivity index (χ0v) is 12.8. The number of carbonyl (C=O) groups is 1. The van der Waals surface area contributed by atoms with Gasteiger partial charge in [0, 0.05) is 6.07 Å². The number of ether oxygens (including phenoxy) is 1. The summed E-state index contributed by atoms with van der Waals surface area (Å²) in [6, 6.07) is 11.3. The number of aliphatic hydroxyl groups is 1. The van der Waals surface area contributed by atoms with Crippen molar-refractivity contribution in [2.24, 2.45) is 0 Å². The Labute approximate surface area is 136 Å². The molecule has 128 valence electrons. The Kier molecular flexibility index (Phi) is 5.46. The summed E-state index contributed by atoms with van der Waals surface area (Å²) in [5.41, 5.74) is -1.03. The Bertz CT molecular complexity index is 705. The van der Waals surface area contributed by atoms with E-state index in [-0.39, 0.29) is 12.1 Å². The normalized spacial score (nSPS) is 13.4. The maximum atomic E-state index is 13.2. The second-order valence-corrected chi connectivity index (χ2v) is 5.34. The molecule has 2 aromatic rings. The zero-order valence-electron chi connectivity index (χ0n) is 12.8. The van der Waals surface area contributed by atoms with Crippen LogP contribution in [0.2, 0.25) is 0 Å². The number of halogens is 3. The van der Waals surface area contributed by atoms with Crippen molar-refractivity contribution in [3.05, 3.63) is 65.5 Å².